The van der Waals surface area contributed by atoms with Gasteiger partial charge in [0, 0.05) is 6.92 Å². The lowest BCUT2D eigenvalue weighted by Gasteiger charge is -1.88. The van der Waals surface area contributed by atoms with Crippen molar-refractivity contribution in [2.75, 3.05) is 5.43 Å². The van der Waals surface area contributed by atoms with E-state index in [-0.39, 0.29) is 0 Å². The van der Waals surface area contributed by atoms with Gasteiger partial charge in [0.2, 0.25) is 0 Å². The highest BCUT2D eigenvalue weighted by atomic mass is 15.3. The molecule has 0 aromatic heterocycles. The molecule has 0 saturated heterocycles. The Morgan fingerprint density at radius 3 is 2.90 bits per heavy atom. The molecule has 10 heavy (non-hydrogen) atoms. The first-order chi connectivity index (χ1) is 4.88. The molecule has 1 aromatic rings. The molecule has 2 nitrogen and oxygen atoms in total. The minimum Gasteiger partial charge on any atom is -0.0999 e. The Balaban J connectivity index is 2.61. The van der Waals surface area contributed by atoms with Crippen molar-refractivity contribution in [3.8, 4) is 0 Å². The van der Waals surface area contributed by atoms with Crippen molar-refractivity contribution in [3.63, 3.8) is 0 Å². The molecule has 0 fully saturated rings. The molecular formula is C8H8N2+. The number of nitrogens with zero attached hydrogens (tertiary/aromatic N) is 1. The van der Waals surface area contributed by atoms with E-state index in [0.29, 0.717) is 0 Å². The molecule has 2 rings (SSSR count). The predicted octanol–water partition coefficient (Wildman–Crippen LogP) is 1.17. The molecule has 0 atom stereocenters. The van der Waals surface area contributed by atoms with Crippen LogP contribution in [0.25, 0.3) is 0 Å². The Kier molecular flexibility index (Phi) is 1.01. The van der Waals surface area contributed by atoms with Gasteiger partial charge in [-0.2, -0.15) is 0 Å². The number of hydrazone groups is 1. The normalized spacial score (nSPS) is 13.9. The van der Waals surface area contributed by atoms with Gasteiger partial charge in [-0.1, -0.05) is 17.6 Å². The topological polar surface area (TPSA) is 26.1 Å². The van der Waals surface area contributed by atoms with Crippen molar-refractivity contribution in [1.82, 2.24) is 5.10 Å². The van der Waals surface area contributed by atoms with E-state index in [0.717, 1.165) is 11.4 Å². The third-order valence-corrected chi connectivity index (χ3v) is 1.66. The summed E-state index contributed by atoms with van der Waals surface area (Å²) in [5.41, 5.74) is 6.32. The Morgan fingerprint density at radius 2 is 2.10 bits per heavy atom. The quantitative estimate of drug-likeness (QED) is 0.563. The van der Waals surface area contributed by atoms with Crippen LogP contribution in [0, 0.1) is 0 Å². The first-order valence-electron chi connectivity index (χ1n) is 3.27. The van der Waals surface area contributed by atoms with Crippen molar-refractivity contribution in [3.05, 3.63) is 29.8 Å². The number of rotatable bonds is 0. The van der Waals surface area contributed by atoms with Gasteiger partial charge in [0.15, 0.2) is 5.10 Å². The van der Waals surface area contributed by atoms with Crippen LogP contribution in [0.5, 0.6) is 0 Å². The molecule has 0 spiro atoms. The first kappa shape index (κ1) is 5.47. The number of hydrogen-bond acceptors (Lipinski definition) is 2. The summed E-state index contributed by atoms with van der Waals surface area (Å²) in [4.78, 5) is 0. The van der Waals surface area contributed by atoms with Gasteiger partial charge < -0.3 is 0 Å². The zero-order valence-electron chi connectivity index (χ0n) is 5.76. The molecule has 1 heterocycles. The highest BCUT2D eigenvalue weighted by Crippen LogP contribution is 2.17. The van der Waals surface area contributed by atoms with Crippen molar-refractivity contribution in [2.24, 2.45) is 0 Å². The molecule has 1 N–H and O–H groups in total. The largest absolute Gasteiger partial charge is 0.293 e. The second-order valence-corrected chi connectivity index (χ2v) is 2.35. The smallest absolute Gasteiger partial charge is 0.0999 e. The average Bonchev–Trinajstić information content (AvgIpc) is 2.34. The van der Waals surface area contributed by atoms with Crippen molar-refractivity contribution < 1.29 is 0 Å². The van der Waals surface area contributed by atoms with E-state index in [1.54, 1.807) is 0 Å². The summed E-state index contributed by atoms with van der Waals surface area (Å²) in [6.45, 7) is 2.00. The van der Waals surface area contributed by atoms with Crippen LogP contribution in [0.1, 0.15) is 12.5 Å². The maximum Gasteiger partial charge on any atom is 0.293 e. The summed E-state index contributed by atoms with van der Waals surface area (Å²) in [7, 11) is 0. The summed E-state index contributed by atoms with van der Waals surface area (Å²) in [5, 5.41) is 4.07. The Labute approximate surface area is 59.6 Å². The molecule has 2 heteroatoms. The van der Waals surface area contributed by atoms with Crippen LogP contribution in [-0.2, 0) is 0 Å². The van der Waals surface area contributed by atoms with Gasteiger partial charge in [-0.3, -0.25) is 0 Å². The molecule has 0 bridgehead atoms. The minimum absolute atomic E-state index is 1.07. The molecule has 0 unspecified atom stereocenters. The molecule has 1 aromatic carbocycles. The highest BCUT2D eigenvalue weighted by Gasteiger charge is 2.21. The number of hydrogen-bond donors (Lipinski definition) is 1. The van der Waals surface area contributed by atoms with Crippen LogP contribution < -0.4 is 10.5 Å². The molecule has 1 aliphatic heterocycles. The zero-order valence-corrected chi connectivity index (χ0v) is 5.76. The lowest BCUT2D eigenvalue weighted by atomic mass is 10.1. The van der Waals surface area contributed by atoms with E-state index in [1.165, 1.54) is 5.56 Å². The second kappa shape index (κ2) is 1.84. The van der Waals surface area contributed by atoms with E-state index < -0.39 is 0 Å². The maximum absolute atomic E-state index is 4.07. The first-order valence-corrected chi connectivity index (χ1v) is 3.27. The Bertz CT molecular complexity index is 289. The van der Waals surface area contributed by atoms with Crippen LogP contribution in [0.15, 0.2) is 24.3 Å². The third-order valence-electron chi connectivity index (χ3n) is 1.66. The summed E-state index contributed by atoms with van der Waals surface area (Å²) < 4.78 is 0. The monoisotopic (exact) mass is 132 g/mol. The van der Waals surface area contributed by atoms with Gasteiger partial charge in [-0.15, -0.1) is 0 Å². The maximum atomic E-state index is 4.07. The Hall–Kier alpha value is -1.31. The summed E-state index contributed by atoms with van der Waals surface area (Å²) in [5.74, 6) is 0. The fourth-order valence-electron chi connectivity index (χ4n) is 1.10. The number of nitrogens with one attached hydrogen (secondary N) is 1. The minimum atomic E-state index is 1.07. The zero-order chi connectivity index (χ0) is 6.97. The van der Waals surface area contributed by atoms with Crippen molar-refractivity contribution in [1.29, 1.82) is 0 Å². The van der Waals surface area contributed by atoms with E-state index in [9.17, 15) is 0 Å². The molecule has 0 saturated carbocycles. The van der Waals surface area contributed by atoms with E-state index >= 15 is 0 Å². The molecule has 1 aliphatic rings. The van der Waals surface area contributed by atoms with Crippen LogP contribution in [0.2, 0.25) is 0 Å². The Morgan fingerprint density at radius 1 is 1.30 bits per heavy atom. The molecular weight excluding hydrogens is 124 g/mol. The van der Waals surface area contributed by atoms with Gasteiger partial charge >= 0.3 is 0 Å². The number of para-hydroxylation sites is 1. The number of anilines is 1. The van der Waals surface area contributed by atoms with Gasteiger partial charge in [0.05, 0.1) is 5.56 Å². The fraction of sp³-hybridized carbons (Fsp3) is 0.125. The molecule has 49 valence electrons. The highest BCUT2D eigenvalue weighted by molar-refractivity contribution is 6.05. The summed E-state index contributed by atoms with van der Waals surface area (Å²) in [6, 6.07) is 8.11. The second-order valence-electron chi connectivity index (χ2n) is 2.35. The van der Waals surface area contributed by atoms with Gasteiger partial charge in [0.25, 0.3) is 5.71 Å². The molecule has 0 amide bonds. The summed E-state index contributed by atoms with van der Waals surface area (Å²) >= 11 is 0. The van der Waals surface area contributed by atoms with Crippen LogP contribution in [-0.4, -0.2) is 5.71 Å². The summed E-state index contributed by atoms with van der Waals surface area (Å²) in [6.07, 6.45) is 0. The lowest BCUT2D eigenvalue weighted by Crippen LogP contribution is -1.98. The van der Waals surface area contributed by atoms with E-state index in [4.69, 9.17) is 0 Å². The molecule has 0 aliphatic carbocycles. The fourth-order valence-corrected chi connectivity index (χ4v) is 1.10. The standard InChI is InChI=1S/C8H8N2/c1-6-7-4-2-3-5-8(7)10-9-6/h2-5,10H,1H3/q+1. The lowest BCUT2D eigenvalue weighted by molar-refractivity contribution is 1.23. The number of benzene rings is 1. The van der Waals surface area contributed by atoms with Crippen LogP contribution >= 0.6 is 0 Å². The van der Waals surface area contributed by atoms with Gasteiger partial charge in [-0.05, 0) is 12.1 Å². The van der Waals surface area contributed by atoms with E-state index in [1.807, 2.05) is 25.1 Å². The predicted molar refractivity (Wildman–Crippen MR) is 42.0 cm³/mol. The SMILES string of the molecule is CC1=[N+]Nc2ccccc21. The van der Waals surface area contributed by atoms with Crippen molar-refractivity contribution >= 4 is 11.4 Å². The number of fused-ring (bicyclic) bond motifs is 1. The van der Waals surface area contributed by atoms with Crippen LogP contribution in [0.4, 0.5) is 5.69 Å². The average molecular weight is 132 g/mol. The van der Waals surface area contributed by atoms with E-state index in [2.05, 4.69) is 16.6 Å². The molecule has 1 radical (unpaired) electrons. The van der Waals surface area contributed by atoms with Crippen LogP contribution in [0.3, 0.4) is 0 Å². The van der Waals surface area contributed by atoms with Gasteiger partial charge in [-0.25, -0.2) is 0 Å². The third kappa shape index (κ3) is 0.620. The van der Waals surface area contributed by atoms with Gasteiger partial charge in [0.1, 0.15) is 5.69 Å². The van der Waals surface area contributed by atoms with Crippen molar-refractivity contribution in [2.45, 2.75) is 6.92 Å².